The lowest BCUT2D eigenvalue weighted by molar-refractivity contribution is 0.685. The molecule has 0 fully saturated rings. The van der Waals surface area contributed by atoms with Gasteiger partial charge in [0.1, 0.15) is 0 Å². The third kappa shape index (κ3) is 3.27. The number of benzene rings is 1. The second kappa shape index (κ2) is 6.38. The second-order valence-electron chi connectivity index (χ2n) is 4.42. The molecule has 1 atom stereocenters. The van der Waals surface area contributed by atoms with Crippen molar-refractivity contribution in [3.05, 3.63) is 63.4 Å². The molecule has 0 aliphatic carbocycles. The lowest BCUT2D eigenvalue weighted by Crippen LogP contribution is -2.17. The van der Waals surface area contributed by atoms with E-state index in [0.29, 0.717) is 16.5 Å². The highest BCUT2D eigenvalue weighted by Gasteiger charge is 2.14. The molecule has 0 saturated heterocycles. The Morgan fingerprint density at radius 3 is 2.63 bits per heavy atom. The Morgan fingerprint density at radius 2 is 1.89 bits per heavy atom. The Bertz CT molecular complexity index is 570. The zero-order valence-corrected chi connectivity index (χ0v) is 12.2. The van der Waals surface area contributed by atoms with E-state index in [0.717, 1.165) is 17.7 Å². The highest BCUT2D eigenvalue weighted by Crippen LogP contribution is 2.28. The Balaban J connectivity index is 2.26. The quantitative estimate of drug-likeness (QED) is 0.918. The summed E-state index contributed by atoms with van der Waals surface area (Å²) in [6.07, 6.45) is 3.32. The van der Waals surface area contributed by atoms with Crippen molar-refractivity contribution in [2.24, 2.45) is 5.73 Å². The fraction of sp³-hybridized carbons (Fsp3) is 0.267. The minimum atomic E-state index is -0.174. The van der Waals surface area contributed by atoms with Gasteiger partial charge in [-0.05, 0) is 36.1 Å². The van der Waals surface area contributed by atoms with Crippen LogP contribution in [0.25, 0.3) is 0 Å². The number of hydrogen-bond acceptors (Lipinski definition) is 2. The van der Waals surface area contributed by atoms with Gasteiger partial charge in [-0.2, -0.15) is 0 Å². The normalized spacial score (nSPS) is 12.4. The SMILES string of the molecule is CCc1cccnc1C(N)Cc1cccc(Cl)c1Cl. The van der Waals surface area contributed by atoms with Crippen molar-refractivity contribution in [3.8, 4) is 0 Å². The predicted octanol–water partition coefficient (Wildman–Crippen LogP) is 4.19. The summed E-state index contributed by atoms with van der Waals surface area (Å²) in [5.41, 5.74) is 9.32. The Morgan fingerprint density at radius 1 is 1.16 bits per heavy atom. The highest BCUT2D eigenvalue weighted by atomic mass is 35.5. The largest absolute Gasteiger partial charge is 0.322 e. The third-order valence-corrected chi connectivity index (χ3v) is 3.99. The van der Waals surface area contributed by atoms with Gasteiger partial charge in [-0.1, -0.05) is 48.3 Å². The fourth-order valence-electron chi connectivity index (χ4n) is 2.12. The van der Waals surface area contributed by atoms with Crippen molar-refractivity contribution in [1.82, 2.24) is 4.98 Å². The van der Waals surface area contributed by atoms with Crippen LogP contribution in [-0.2, 0) is 12.8 Å². The molecule has 0 bridgehead atoms. The summed E-state index contributed by atoms with van der Waals surface area (Å²) in [6, 6.07) is 9.42. The molecule has 4 heteroatoms. The van der Waals surface area contributed by atoms with Crippen molar-refractivity contribution >= 4 is 23.2 Å². The molecule has 0 amide bonds. The topological polar surface area (TPSA) is 38.9 Å². The molecule has 2 rings (SSSR count). The van der Waals surface area contributed by atoms with E-state index in [9.17, 15) is 0 Å². The van der Waals surface area contributed by atoms with Crippen LogP contribution in [0.2, 0.25) is 10.0 Å². The number of halogens is 2. The minimum absolute atomic E-state index is 0.174. The van der Waals surface area contributed by atoms with Crippen LogP contribution in [-0.4, -0.2) is 4.98 Å². The van der Waals surface area contributed by atoms with Gasteiger partial charge >= 0.3 is 0 Å². The van der Waals surface area contributed by atoms with Gasteiger partial charge in [-0.15, -0.1) is 0 Å². The Kier molecular flexibility index (Phi) is 4.81. The Labute approximate surface area is 123 Å². The van der Waals surface area contributed by atoms with Gasteiger partial charge in [0.15, 0.2) is 0 Å². The van der Waals surface area contributed by atoms with Crippen LogP contribution in [0.3, 0.4) is 0 Å². The number of nitrogens with two attached hydrogens (primary N) is 1. The second-order valence-corrected chi connectivity index (χ2v) is 5.21. The first kappa shape index (κ1) is 14.3. The fourth-order valence-corrected chi connectivity index (χ4v) is 2.52. The molecule has 2 N–H and O–H groups in total. The zero-order valence-electron chi connectivity index (χ0n) is 10.7. The van der Waals surface area contributed by atoms with Gasteiger partial charge < -0.3 is 5.73 Å². The molecule has 2 nitrogen and oxygen atoms in total. The number of aryl methyl sites for hydroxylation is 1. The molecule has 100 valence electrons. The number of hydrogen-bond donors (Lipinski definition) is 1. The molecule has 2 aromatic rings. The van der Waals surface area contributed by atoms with E-state index in [1.54, 1.807) is 12.3 Å². The first-order valence-electron chi connectivity index (χ1n) is 6.25. The first-order chi connectivity index (χ1) is 9.13. The van der Waals surface area contributed by atoms with Gasteiger partial charge in [0.2, 0.25) is 0 Å². The van der Waals surface area contributed by atoms with E-state index in [1.165, 1.54) is 5.56 Å². The number of pyridine rings is 1. The maximum Gasteiger partial charge on any atom is 0.0624 e. The minimum Gasteiger partial charge on any atom is -0.322 e. The predicted molar refractivity (Wildman–Crippen MR) is 80.7 cm³/mol. The standard InChI is InChI=1S/C15H16Cl2N2/c1-2-10-6-4-8-19-15(10)13(18)9-11-5-3-7-12(16)14(11)17/h3-8,13H,2,9,18H2,1H3. The van der Waals surface area contributed by atoms with Crippen LogP contribution < -0.4 is 5.73 Å². The zero-order chi connectivity index (χ0) is 13.8. The summed E-state index contributed by atoms with van der Waals surface area (Å²) >= 11 is 12.2. The maximum absolute atomic E-state index is 6.26. The van der Waals surface area contributed by atoms with Crippen molar-refractivity contribution in [2.45, 2.75) is 25.8 Å². The van der Waals surface area contributed by atoms with E-state index >= 15 is 0 Å². The van der Waals surface area contributed by atoms with Crippen LogP contribution in [0, 0.1) is 0 Å². The van der Waals surface area contributed by atoms with Gasteiger partial charge in [0, 0.05) is 6.20 Å². The van der Waals surface area contributed by atoms with Crippen LogP contribution in [0.1, 0.15) is 29.8 Å². The number of nitrogens with zero attached hydrogens (tertiary/aromatic N) is 1. The van der Waals surface area contributed by atoms with Crippen molar-refractivity contribution < 1.29 is 0 Å². The van der Waals surface area contributed by atoms with Gasteiger partial charge in [-0.25, -0.2) is 0 Å². The number of aromatic nitrogens is 1. The monoisotopic (exact) mass is 294 g/mol. The van der Waals surface area contributed by atoms with E-state index < -0.39 is 0 Å². The van der Waals surface area contributed by atoms with E-state index in [1.807, 2.05) is 18.2 Å². The van der Waals surface area contributed by atoms with Crippen LogP contribution >= 0.6 is 23.2 Å². The smallest absolute Gasteiger partial charge is 0.0624 e. The summed E-state index contributed by atoms with van der Waals surface area (Å²) in [4.78, 5) is 4.40. The molecular formula is C15H16Cl2N2. The van der Waals surface area contributed by atoms with Crippen molar-refractivity contribution in [3.63, 3.8) is 0 Å². The lowest BCUT2D eigenvalue weighted by atomic mass is 9.99. The lowest BCUT2D eigenvalue weighted by Gasteiger charge is -2.15. The maximum atomic E-state index is 6.26. The molecule has 0 aliphatic heterocycles. The molecule has 0 aliphatic rings. The van der Waals surface area contributed by atoms with Crippen LogP contribution in [0.4, 0.5) is 0 Å². The summed E-state index contributed by atoms with van der Waals surface area (Å²) in [5.74, 6) is 0. The molecule has 1 heterocycles. The molecule has 0 radical (unpaired) electrons. The van der Waals surface area contributed by atoms with Gasteiger partial charge in [0.25, 0.3) is 0 Å². The summed E-state index contributed by atoms with van der Waals surface area (Å²) in [5, 5.41) is 1.14. The third-order valence-electron chi connectivity index (χ3n) is 3.13. The molecule has 1 aromatic carbocycles. The molecule has 0 spiro atoms. The van der Waals surface area contributed by atoms with Crippen molar-refractivity contribution in [2.75, 3.05) is 0 Å². The van der Waals surface area contributed by atoms with E-state index in [2.05, 4.69) is 18.0 Å². The molecular weight excluding hydrogens is 279 g/mol. The van der Waals surface area contributed by atoms with Crippen LogP contribution in [0.5, 0.6) is 0 Å². The molecule has 0 saturated carbocycles. The summed E-state index contributed by atoms with van der Waals surface area (Å²) < 4.78 is 0. The molecule has 1 aromatic heterocycles. The average molecular weight is 295 g/mol. The first-order valence-corrected chi connectivity index (χ1v) is 7.01. The molecule has 1 unspecified atom stereocenters. The van der Waals surface area contributed by atoms with E-state index in [-0.39, 0.29) is 6.04 Å². The Hall–Kier alpha value is -1.09. The van der Waals surface area contributed by atoms with Gasteiger partial charge in [0.05, 0.1) is 21.8 Å². The van der Waals surface area contributed by atoms with Crippen molar-refractivity contribution in [1.29, 1.82) is 0 Å². The summed E-state index contributed by atoms with van der Waals surface area (Å²) in [6.45, 7) is 2.10. The average Bonchev–Trinajstić information content (AvgIpc) is 2.43. The molecule has 19 heavy (non-hydrogen) atoms. The van der Waals surface area contributed by atoms with Gasteiger partial charge in [-0.3, -0.25) is 4.98 Å². The van der Waals surface area contributed by atoms with Crippen LogP contribution in [0.15, 0.2) is 36.5 Å². The highest BCUT2D eigenvalue weighted by molar-refractivity contribution is 6.42. The number of rotatable bonds is 4. The van der Waals surface area contributed by atoms with E-state index in [4.69, 9.17) is 28.9 Å². The summed E-state index contributed by atoms with van der Waals surface area (Å²) in [7, 11) is 0.